The van der Waals surface area contributed by atoms with E-state index in [2.05, 4.69) is 58.9 Å². The van der Waals surface area contributed by atoms with Crippen LogP contribution in [-0.2, 0) is 65.4 Å². The van der Waals surface area contributed by atoms with Crippen LogP contribution in [0.25, 0.3) is 0 Å². The second kappa shape index (κ2) is 65.8. The van der Waals surface area contributed by atoms with Crippen molar-refractivity contribution >= 4 is 39.5 Å². The Morgan fingerprint density at radius 2 is 0.587 bits per heavy atom. The molecule has 0 amide bonds. The zero-order chi connectivity index (χ0) is 67.7. The van der Waals surface area contributed by atoms with Gasteiger partial charge in [0, 0.05) is 25.7 Å². The topological polar surface area (TPSA) is 237 Å². The molecule has 0 aromatic rings. The lowest BCUT2D eigenvalue weighted by atomic mass is 10.0. The van der Waals surface area contributed by atoms with Gasteiger partial charge in [-0.05, 0) is 57.3 Å². The molecule has 2 unspecified atom stereocenters. The summed E-state index contributed by atoms with van der Waals surface area (Å²) >= 11 is 0. The van der Waals surface area contributed by atoms with Gasteiger partial charge in [0.15, 0.2) is 12.2 Å². The van der Waals surface area contributed by atoms with Crippen molar-refractivity contribution in [2.75, 3.05) is 39.6 Å². The fraction of sp³-hybridized carbons (Fsp3) is 0.890. The van der Waals surface area contributed by atoms with Crippen molar-refractivity contribution in [3.63, 3.8) is 0 Å². The van der Waals surface area contributed by atoms with Crippen LogP contribution < -0.4 is 0 Å². The molecule has 0 fully saturated rings. The monoisotopic (exact) mass is 1350 g/mol. The van der Waals surface area contributed by atoms with Crippen LogP contribution in [0.4, 0.5) is 0 Å². The second-order valence-corrected chi connectivity index (χ2v) is 29.0. The van der Waals surface area contributed by atoms with Crippen molar-refractivity contribution < 1.29 is 80.2 Å². The van der Waals surface area contributed by atoms with E-state index in [4.69, 9.17) is 37.0 Å². The quantitative estimate of drug-likeness (QED) is 0.0169. The lowest BCUT2D eigenvalue weighted by molar-refractivity contribution is -0.161. The van der Waals surface area contributed by atoms with Crippen LogP contribution in [0.15, 0.2) is 24.3 Å². The predicted molar refractivity (Wildman–Crippen MR) is 372 cm³/mol. The van der Waals surface area contributed by atoms with Crippen LogP contribution in [0.2, 0.25) is 0 Å². The molecule has 0 spiro atoms. The Hall–Kier alpha value is -2.46. The average molecular weight is 1350 g/mol. The fourth-order valence-corrected chi connectivity index (χ4v) is 12.2. The van der Waals surface area contributed by atoms with Gasteiger partial charge >= 0.3 is 39.5 Å². The molecule has 0 radical (unpaired) electrons. The number of esters is 4. The zero-order valence-corrected chi connectivity index (χ0v) is 61.0. The number of aliphatic hydroxyl groups is 1. The Balaban J connectivity index is 5.17. The SMILES string of the molecule is CCCCCC/C=C\C=C/CCCCCCCC(=O)OC[C@H](COP(=O)(O)OC[C@@H](O)COP(=O)(O)OC[C@@H](COC(=O)CCCCCCC)OC(=O)CCCCCCCCCCCC(C)C)OC(=O)CCCCCCCCCCCCCCCCCCCCCC. The van der Waals surface area contributed by atoms with Gasteiger partial charge in [-0.15, -0.1) is 0 Å². The summed E-state index contributed by atoms with van der Waals surface area (Å²) in [5.41, 5.74) is 0. The predicted octanol–water partition coefficient (Wildman–Crippen LogP) is 20.9. The molecule has 542 valence electrons. The molecule has 19 heteroatoms. The number of hydrogen-bond acceptors (Lipinski definition) is 15. The number of carbonyl (C=O) groups is 4. The number of ether oxygens (including phenoxy) is 4. The minimum absolute atomic E-state index is 0.102. The summed E-state index contributed by atoms with van der Waals surface area (Å²) in [7, 11) is -9.91. The van der Waals surface area contributed by atoms with Gasteiger partial charge in [-0.3, -0.25) is 37.3 Å². The zero-order valence-electron chi connectivity index (χ0n) is 59.2. The molecule has 5 atom stereocenters. The van der Waals surface area contributed by atoms with Crippen LogP contribution in [-0.4, -0.2) is 96.7 Å². The molecule has 0 saturated heterocycles. The smallest absolute Gasteiger partial charge is 0.462 e. The van der Waals surface area contributed by atoms with E-state index in [1.54, 1.807) is 0 Å². The van der Waals surface area contributed by atoms with Crippen molar-refractivity contribution in [1.29, 1.82) is 0 Å². The highest BCUT2D eigenvalue weighted by molar-refractivity contribution is 7.47. The Bertz CT molecular complexity index is 1860. The summed E-state index contributed by atoms with van der Waals surface area (Å²) in [6, 6.07) is 0. The van der Waals surface area contributed by atoms with Gasteiger partial charge in [0.1, 0.15) is 19.3 Å². The first-order chi connectivity index (χ1) is 44.5. The third-order valence-corrected chi connectivity index (χ3v) is 18.3. The van der Waals surface area contributed by atoms with E-state index in [0.29, 0.717) is 25.7 Å². The van der Waals surface area contributed by atoms with Gasteiger partial charge in [0.25, 0.3) is 0 Å². The van der Waals surface area contributed by atoms with Crippen molar-refractivity contribution in [2.45, 2.75) is 374 Å². The molecule has 0 aliphatic carbocycles. The molecule has 0 aliphatic rings. The van der Waals surface area contributed by atoms with Gasteiger partial charge in [0.05, 0.1) is 26.4 Å². The largest absolute Gasteiger partial charge is 0.472 e. The summed E-state index contributed by atoms with van der Waals surface area (Å²) in [6.45, 7) is 7.08. The van der Waals surface area contributed by atoms with E-state index in [1.165, 1.54) is 154 Å². The van der Waals surface area contributed by atoms with Crippen molar-refractivity contribution in [3.05, 3.63) is 24.3 Å². The highest BCUT2D eigenvalue weighted by Crippen LogP contribution is 2.45. The molecule has 0 rings (SSSR count). The molecular formula is C73H138O17P2. The lowest BCUT2D eigenvalue weighted by Gasteiger charge is -2.21. The first-order valence-electron chi connectivity index (χ1n) is 37.5. The maximum absolute atomic E-state index is 13.0. The summed E-state index contributed by atoms with van der Waals surface area (Å²) in [6.07, 6.45) is 56.8. The van der Waals surface area contributed by atoms with Crippen LogP contribution in [0.1, 0.15) is 356 Å². The number of allylic oxidation sites excluding steroid dienone is 4. The molecule has 92 heavy (non-hydrogen) atoms. The van der Waals surface area contributed by atoms with E-state index in [9.17, 15) is 43.2 Å². The average Bonchev–Trinajstić information content (AvgIpc) is 1.67. The molecule has 0 aromatic heterocycles. The number of phosphoric ester groups is 2. The molecule has 0 bridgehead atoms. The first-order valence-corrected chi connectivity index (χ1v) is 40.4. The van der Waals surface area contributed by atoms with E-state index in [0.717, 1.165) is 121 Å². The molecule has 3 N–H and O–H groups in total. The maximum atomic E-state index is 13.0. The Labute approximate surface area is 561 Å². The van der Waals surface area contributed by atoms with Gasteiger partial charge in [-0.1, -0.05) is 303 Å². The Morgan fingerprint density at radius 3 is 0.891 bits per heavy atom. The van der Waals surface area contributed by atoms with Crippen molar-refractivity contribution in [3.8, 4) is 0 Å². The normalized spacial score (nSPS) is 14.2. The minimum atomic E-state index is -4.96. The number of hydrogen-bond donors (Lipinski definition) is 3. The van der Waals surface area contributed by atoms with E-state index >= 15 is 0 Å². The van der Waals surface area contributed by atoms with E-state index < -0.39 is 97.5 Å². The number of carbonyl (C=O) groups excluding carboxylic acids is 4. The second-order valence-electron chi connectivity index (χ2n) is 26.1. The third kappa shape index (κ3) is 66.2. The Morgan fingerprint density at radius 1 is 0.337 bits per heavy atom. The van der Waals surface area contributed by atoms with Crippen LogP contribution >= 0.6 is 15.6 Å². The van der Waals surface area contributed by atoms with Crippen molar-refractivity contribution in [1.82, 2.24) is 0 Å². The van der Waals surface area contributed by atoms with Crippen LogP contribution in [0.5, 0.6) is 0 Å². The van der Waals surface area contributed by atoms with Gasteiger partial charge in [0.2, 0.25) is 0 Å². The molecule has 0 heterocycles. The standard InChI is InChI=1S/C73H138O17P2/c1-6-9-12-15-17-19-21-23-25-26-27-28-29-31-33-35-39-43-48-53-58-72(77)90-69(63-84-71(76)57-52-47-42-38-34-32-30-24-22-20-18-16-13-10-7-2)65-88-92(81,82)86-61-67(74)60-85-91(79,80)87-64-68(62-83-70(75)56-51-45-14-11-8-3)89-73(78)59-54-49-44-40-36-37-41-46-50-55-66(4)5/h20,22,24,30,66-69,74H,6-19,21,23,25-29,31-65H2,1-5H3,(H,79,80)(H,81,82)/b22-20-,30-24-/t67-,68+,69+/m0/s1. The summed E-state index contributed by atoms with van der Waals surface area (Å²) in [5.74, 6) is -1.43. The van der Waals surface area contributed by atoms with Crippen LogP contribution in [0.3, 0.4) is 0 Å². The maximum Gasteiger partial charge on any atom is 0.472 e. The van der Waals surface area contributed by atoms with Gasteiger partial charge in [-0.2, -0.15) is 0 Å². The van der Waals surface area contributed by atoms with E-state index in [-0.39, 0.29) is 25.7 Å². The minimum Gasteiger partial charge on any atom is -0.462 e. The number of phosphoric acid groups is 2. The van der Waals surface area contributed by atoms with E-state index in [1.807, 2.05) is 0 Å². The van der Waals surface area contributed by atoms with Crippen molar-refractivity contribution in [2.24, 2.45) is 5.92 Å². The molecule has 0 saturated carbocycles. The highest BCUT2D eigenvalue weighted by Gasteiger charge is 2.30. The molecule has 17 nitrogen and oxygen atoms in total. The number of aliphatic hydroxyl groups excluding tert-OH is 1. The van der Waals surface area contributed by atoms with Crippen LogP contribution in [0, 0.1) is 5.92 Å². The Kier molecular flexibility index (Phi) is 64.0. The number of unbranched alkanes of at least 4 members (excludes halogenated alkanes) is 40. The van der Waals surface area contributed by atoms with Gasteiger partial charge in [-0.25, -0.2) is 9.13 Å². The molecule has 0 aliphatic heterocycles. The summed E-state index contributed by atoms with van der Waals surface area (Å²) in [5, 5.41) is 10.6. The first kappa shape index (κ1) is 89.5. The highest BCUT2D eigenvalue weighted by atomic mass is 31.2. The van der Waals surface area contributed by atoms with Gasteiger partial charge < -0.3 is 33.8 Å². The number of rotatable bonds is 71. The molecule has 0 aromatic carbocycles. The molecular weight excluding hydrogens is 1210 g/mol. The summed E-state index contributed by atoms with van der Waals surface area (Å²) < 4.78 is 68.1. The third-order valence-electron chi connectivity index (χ3n) is 16.4. The summed E-state index contributed by atoms with van der Waals surface area (Å²) in [4.78, 5) is 72.3. The lowest BCUT2D eigenvalue weighted by Crippen LogP contribution is -2.30. The fourth-order valence-electron chi connectivity index (χ4n) is 10.6.